The normalized spacial score (nSPS) is 18.6. The molecule has 2 aromatic heterocycles. The summed E-state index contributed by atoms with van der Waals surface area (Å²) in [6.07, 6.45) is 6.17. The van der Waals surface area contributed by atoms with E-state index in [1.807, 2.05) is 23.2 Å². The van der Waals surface area contributed by atoms with Gasteiger partial charge in [-0.25, -0.2) is 14.8 Å². The number of hydrazone groups is 1. The second-order valence-corrected chi connectivity index (χ2v) is 12.7. The Balaban J connectivity index is 1.30. The van der Waals surface area contributed by atoms with Crippen molar-refractivity contribution in [3.8, 4) is 10.4 Å². The summed E-state index contributed by atoms with van der Waals surface area (Å²) >= 11 is 4.78. The van der Waals surface area contributed by atoms with Gasteiger partial charge in [-0.3, -0.25) is 20.2 Å². The fourth-order valence-electron chi connectivity index (χ4n) is 5.94. The third-order valence-corrected chi connectivity index (χ3v) is 9.55. The number of fused-ring (bicyclic) bond motifs is 2. The molecule has 13 heteroatoms. The molecule has 11 nitrogen and oxygen atoms in total. The Morgan fingerprint density at radius 3 is 2.40 bits per heavy atom. The van der Waals surface area contributed by atoms with E-state index in [2.05, 4.69) is 20.9 Å². The quantitative estimate of drug-likeness (QED) is 0.0987. The molecule has 1 fully saturated rings. The van der Waals surface area contributed by atoms with Crippen molar-refractivity contribution in [2.24, 2.45) is 11.0 Å². The van der Waals surface area contributed by atoms with Gasteiger partial charge in [0.15, 0.2) is 0 Å². The molecule has 5 aromatic rings. The van der Waals surface area contributed by atoms with Crippen molar-refractivity contribution in [1.82, 2.24) is 4.98 Å². The lowest BCUT2D eigenvalue weighted by molar-refractivity contribution is -0.385. The molecule has 1 saturated carbocycles. The molecule has 0 N–H and O–H groups in total. The lowest BCUT2D eigenvalue weighted by Gasteiger charge is -2.29. The molecule has 1 aliphatic carbocycles. The van der Waals surface area contributed by atoms with E-state index in [9.17, 15) is 25.0 Å². The standard InChI is InChI=1S/C32H22BrN5O6S/c33-22-8-13-27-21(15-22)16-26(31(39)44-27)28-17-34-32(45-28)36-30(19-6-11-24(12-7-19)38(42)43)25-3-1-2-20(29(25)35-36)14-18-4-9-23(10-5-18)37(40)41/h4-17,25,30H,1-3H2/b20-14-/t25-,30-/m1/s1. The van der Waals surface area contributed by atoms with E-state index in [4.69, 9.17) is 9.52 Å². The highest BCUT2D eigenvalue weighted by atomic mass is 79.9. The third-order valence-electron chi connectivity index (χ3n) is 8.04. The number of allylic oxidation sites excluding steroid dienone is 1. The molecule has 2 atom stereocenters. The number of thiazole rings is 1. The number of nitro benzene ring substituents is 2. The number of nitrogens with zero attached hydrogens (tertiary/aromatic N) is 5. The van der Waals surface area contributed by atoms with Crippen molar-refractivity contribution < 1.29 is 14.3 Å². The van der Waals surface area contributed by atoms with Gasteiger partial charge in [0.05, 0.1) is 32.0 Å². The Bertz CT molecular complexity index is 2110. The predicted octanol–water partition coefficient (Wildman–Crippen LogP) is 8.30. The van der Waals surface area contributed by atoms with Gasteiger partial charge in [0.2, 0.25) is 5.13 Å². The minimum atomic E-state index is -0.471. The van der Waals surface area contributed by atoms with Crippen molar-refractivity contribution in [2.45, 2.75) is 25.3 Å². The maximum Gasteiger partial charge on any atom is 0.345 e. The first kappa shape index (κ1) is 28.7. The molecule has 0 amide bonds. The van der Waals surface area contributed by atoms with Crippen LogP contribution >= 0.6 is 27.3 Å². The van der Waals surface area contributed by atoms with Crippen LogP contribution in [0.2, 0.25) is 0 Å². The van der Waals surface area contributed by atoms with Gasteiger partial charge in [0.25, 0.3) is 11.4 Å². The van der Waals surface area contributed by atoms with E-state index in [0.717, 1.165) is 51.5 Å². The number of halogens is 1. The average Bonchev–Trinajstić information content (AvgIpc) is 3.67. The molecule has 2 aliphatic rings. The largest absolute Gasteiger partial charge is 0.422 e. The van der Waals surface area contributed by atoms with Gasteiger partial charge >= 0.3 is 5.63 Å². The molecular weight excluding hydrogens is 662 g/mol. The minimum Gasteiger partial charge on any atom is -0.422 e. The van der Waals surface area contributed by atoms with Crippen molar-refractivity contribution in [3.63, 3.8) is 0 Å². The predicted molar refractivity (Wildman–Crippen MR) is 175 cm³/mol. The molecule has 45 heavy (non-hydrogen) atoms. The second-order valence-electron chi connectivity index (χ2n) is 10.8. The Hall–Kier alpha value is -5.01. The van der Waals surface area contributed by atoms with Gasteiger partial charge < -0.3 is 4.42 Å². The van der Waals surface area contributed by atoms with Gasteiger partial charge in [0.1, 0.15) is 5.58 Å². The molecule has 0 unspecified atom stereocenters. The Kier molecular flexibility index (Phi) is 7.34. The molecule has 0 radical (unpaired) electrons. The topological polar surface area (TPSA) is 145 Å². The van der Waals surface area contributed by atoms with Crippen LogP contribution in [0.15, 0.2) is 103 Å². The second kappa shape index (κ2) is 11.5. The van der Waals surface area contributed by atoms with Crippen LogP contribution < -0.4 is 10.6 Å². The van der Waals surface area contributed by atoms with Crippen LogP contribution in [0.5, 0.6) is 0 Å². The van der Waals surface area contributed by atoms with Crippen molar-refractivity contribution >= 4 is 66.5 Å². The van der Waals surface area contributed by atoms with E-state index in [1.165, 1.54) is 35.6 Å². The summed E-state index contributed by atoms with van der Waals surface area (Å²) < 4.78 is 6.45. The number of hydrogen-bond acceptors (Lipinski definition) is 10. The number of aromatic nitrogens is 1. The van der Waals surface area contributed by atoms with E-state index in [-0.39, 0.29) is 23.3 Å². The molecule has 0 spiro atoms. The molecule has 3 aromatic carbocycles. The fraction of sp³-hybridized carbons (Fsp3) is 0.156. The van der Waals surface area contributed by atoms with Crippen LogP contribution in [0, 0.1) is 26.1 Å². The number of nitro groups is 2. The summed E-state index contributed by atoms with van der Waals surface area (Å²) in [6, 6.07) is 19.8. The summed E-state index contributed by atoms with van der Waals surface area (Å²) in [5.74, 6) is -0.0278. The Morgan fingerprint density at radius 1 is 0.978 bits per heavy atom. The van der Waals surface area contributed by atoms with Crippen LogP contribution in [0.3, 0.4) is 0 Å². The van der Waals surface area contributed by atoms with E-state index < -0.39 is 15.5 Å². The van der Waals surface area contributed by atoms with Crippen molar-refractivity contribution in [1.29, 1.82) is 0 Å². The molecular formula is C32H22BrN5O6S. The summed E-state index contributed by atoms with van der Waals surface area (Å²) in [4.78, 5) is 39.9. The van der Waals surface area contributed by atoms with E-state index in [0.29, 0.717) is 21.2 Å². The third kappa shape index (κ3) is 5.44. The highest BCUT2D eigenvalue weighted by Gasteiger charge is 2.43. The lowest BCUT2D eigenvalue weighted by atomic mass is 9.77. The Morgan fingerprint density at radius 2 is 1.69 bits per heavy atom. The van der Waals surface area contributed by atoms with Gasteiger partial charge in [-0.05, 0) is 78.4 Å². The number of rotatable bonds is 6. The van der Waals surface area contributed by atoms with Gasteiger partial charge in [0, 0.05) is 46.2 Å². The molecule has 7 rings (SSSR count). The first-order chi connectivity index (χ1) is 21.7. The van der Waals surface area contributed by atoms with Crippen molar-refractivity contribution in [2.75, 3.05) is 5.01 Å². The SMILES string of the molecule is O=c1oc2ccc(Br)cc2cc1-c1cnc(N2N=C3/C(=C\c4ccc([N+](=O)[O-])cc4)CCC[C@H]3[C@H]2c2ccc([N+](=O)[O-])cc2)s1. The number of non-ortho nitro benzene ring substituents is 2. The highest BCUT2D eigenvalue weighted by Crippen LogP contribution is 2.48. The highest BCUT2D eigenvalue weighted by molar-refractivity contribution is 9.10. The monoisotopic (exact) mass is 683 g/mol. The van der Waals surface area contributed by atoms with Gasteiger partial charge in [-0.15, -0.1) is 0 Å². The maximum atomic E-state index is 13.0. The molecule has 224 valence electrons. The smallest absolute Gasteiger partial charge is 0.345 e. The van der Waals surface area contributed by atoms with Crippen LogP contribution in [0.1, 0.15) is 36.4 Å². The molecule has 3 heterocycles. The number of benzene rings is 3. The van der Waals surface area contributed by atoms with Crippen LogP contribution in [0.4, 0.5) is 16.5 Å². The van der Waals surface area contributed by atoms with Crippen LogP contribution in [0.25, 0.3) is 27.5 Å². The maximum absolute atomic E-state index is 13.0. The Labute approximate surface area is 267 Å². The van der Waals surface area contributed by atoms with E-state index in [1.54, 1.807) is 42.6 Å². The zero-order valence-corrected chi connectivity index (χ0v) is 25.7. The summed E-state index contributed by atoms with van der Waals surface area (Å²) in [5, 5.41) is 30.8. The van der Waals surface area contributed by atoms with Gasteiger partial charge in [-0.2, -0.15) is 5.10 Å². The summed E-state index contributed by atoms with van der Waals surface area (Å²) in [6.45, 7) is 0. The van der Waals surface area contributed by atoms with Crippen LogP contribution in [-0.2, 0) is 0 Å². The lowest BCUT2D eigenvalue weighted by Crippen LogP contribution is -2.28. The zero-order chi connectivity index (χ0) is 31.2. The first-order valence-corrected chi connectivity index (χ1v) is 15.6. The number of anilines is 1. The van der Waals surface area contributed by atoms with Crippen LogP contribution in [-0.4, -0.2) is 20.5 Å². The minimum absolute atomic E-state index is 0.00182. The fourth-order valence-corrected chi connectivity index (χ4v) is 7.23. The molecule has 1 aliphatic heterocycles. The van der Waals surface area contributed by atoms with Gasteiger partial charge in [-0.1, -0.05) is 39.4 Å². The summed E-state index contributed by atoms with van der Waals surface area (Å²) in [7, 11) is 0. The molecule has 0 saturated heterocycles. The first-order valence-electron chi connectivity index (χ1n) is 14.0. The summed E-state index contributed by atoms with van der Waals surface area (Å²) in [5.41, 5.74) is 4.01. The molecule has 0 bridgehead atoms. The zero-order valence-electron chi connectivity index (χ0n) is 23.3. The van der Waals surface area contributed by atoms with E-state index >= 15 is 0 Å². The average molecular weight is 685 g/mol. The number of hydrogen-bond donors (Lipinski definition) is 0. The van der Waals surface area contributed by atoms with Crippen molar-refractivity contribution in [3.05, 3.63) is 131 Å².